The minimum atomic E-state index is 0.984. The van der Waals surface area contributed by atoms with Crippen molar-refractivity contribution in [1.29, 1.82) is 0 Å². The van der Waals surface area contributed by atoms with E-state index in [1.165, 1.54) is 135 Å². The Balaban J connectivity index is 3.55. The summed E-state index contributed by atoms with van der Waals surface area (Å²) in [5.41, 5.74) is 0. The third-order valence-electron chi connectivity index (χ3n) is 6.97. The average Bonchev–Trinajstić information content (AvgIpc) is 2.74. The Labute approximate surface area is 186 Å². The molecule has 0 rings (SSSR count). The first-order valence-electron chi connectivity index (χ1n) is 13.9. The normalized spacial score (nSPS) is 13.9. The van der Waals surface area contributed by atoms with Gasteiger partial charge in [0.2, 0.25) is 0 Å². The van der Waals surface area contributed by atoms with Crippen LogP contribution >= 0.6 is 0 Å². The Morgan fingerprint density at radius 3 is 1.24 bits per heavy atom. The molecule has 0 heteroatoms. The van der Waals surface area contributed by atoms with Crippen molar-refractivity contribution < 1.29 is 0 Å². The monoisotopic (exact) mass is 406 g/mol. The molecule has 0 aromatic rings. The van der Waals surface area contributed by atoms with Crippen molar-refractivity contribution in [2.75, 3.05) is 0 Å². The van der Waals surface area contributed by atoms with Crippen LogP contribution in [0.2, 0.25) is 0 Å². The zero-order chi connectivity index (χ0) is 21.4. The predicted octanol–water partition coefficient (Wildman–Crippen LogP) is 11.0. The molecule has 0 heterocycles. The van der Waals surface area contributed by atoms with Gasteiger partial charge in [-0.15, -0.1) is 0 Å². The molecular formula is C29H58. The van der Waals surface area contributed by atoms with Crippen LogP contribution in [0, 0.1) is 11.8 Å². The van der Waals surface area contributed by atoms with Crippen molar-refractivity contribution >= 4 is 0 Å². The van der Waals surface area contributed by atoms with Crippen LogP contribution < -0.4 is 0 Å². The smallest absolute Gasteiger partial charge is 0.0351 e. The van der Waals surface area contributed by atoms with Crippen LogP contribution in [-0.2, 0) is 0 Å². The first kappa shape index (κ1) is 28.7. The van der Waals surface area contributed by atoms with Gasteiger partial charge >= 0.3 is 0 Å². The van der Waals surface area contributed by atoms with Gasteiger partial charge < -0.3 is 0 Å². The maximum Gasteiger partial charge on any atom is -0.0351 e. The van der Waals surface area contributed by atoms with Gasteiger partial charge in [-0.1, -0.05) is 149 Å². The Morgan fingerprint density at radius 1 is 0.414 bits per heavy atom. The van der Waals surface area contributed by atoms with Gasteiger partial charge in [-0.3, -0.25) is 0 Å². The van der Waals surface area contributed by atoms with E-state index in [9.17, 15) is 0 Å². The highest BCUT2D eigenvalue weighted by Crippen LogP contribution is 2.22. The van der Waals surface area contributed by atoms with Crippen LogP contribution in [0.5, 0.6) is 0 Å². The van der Waals surface area contributed by atoms with Gasteiger partial charge in [0.05, 0.1) is 0 Å². The van der Waals surface area contributed by atoms with E-state index in [1.54, 1.807) is 0 Å². The Bertz CT molecular complexity index is 316. The summed E-state index contributed by atoms with van der Waals surface area (Å²) >= 11 is 0. The highest BCUT2D eigenvalue weighted by molar-refractivity contribution is 4.81. The molecule has 0 aromatic heterocycles. The molecule has 2 atom stereocenters. The predicted molar refractivity (Wildman–Crippen MR) is 136 cm³/mol. The molecule has 0 amide bonds. The van der Waals surface area contributed by atoms with Gasteiger partial charge in [-0.2, -0.15) is 0 Å². The molecule has 0 aliphatic carbocycles. The lowest BCUT2D eigenvalue weighted by Gasteiger charge is -2.14. The zero-order valence-corrected chi connectivity index (χ0v) is 21.2. The van der Waals surface area contributed by atoms with Crippen LogP contribution in [0.1, 0.15) is 163 Å². The molecule has 0 saturated heterocycles. The van der Waals surface area contributed by atoms with E-state index in [0.29, 0.717) is 0 Å². The first-order chi connectivity index (χ1) is 14.3. The topological polar surface area (TPSA) is 0 Å². The van der Waals surface area contributed by atoms with Crippen molar-refractivity contribution in [2.24, 2.45) is 11.8 Å². The third-order valence-corrected chi connectivity index (χ3v) is 6.97. The van der Waals surface area contributed by atoms with Gasteiger partial charge in [0, 0.05) is 0 Å². The van der Waals surface area contributed by atoms with E-state index in [4.69, 9.17) is 0 Å². The SMILES string of the molecule is CCCCCCCC(CC)CCC/C=C/CCCCC(CC)CCCCCCC. The van der Waals surface area contributed by atoms with Crippen LogP contribution in [0.3, 0.4) is 0 Å². The van der Waals surface area contributed by atoms with Crippen LogP contribution in [0.25, 0.3) is 0 Å². The fourth-order valence-corrected chi connectivity index (χ4v) is 4.63. The van der Waals surface area contributed by atoms with Gasteiger partial charge in [0.1, 0.15) is 0 Å². The molecule has 0 aromatic carbocycles. The van der Waals surface area contributed by atoms with Crippen molar-refractivity contribution in [3.05, 3.63) is 12.2 Å². The summed E-state index contributed by atoms with van der Waals surface area (Å²) in [4.78, 5) is 0. The fraction of sp³-hybridized carbons (Fsp3) is 0.931. The van der Waals surface area contributed by atoms with E-state index < -0.39 is 0 Å². The minimum absolute atomic E-state index is 0.984. The molecule has 0 aliphatic heterocycles. The second-order valence-electron chi connectivity index (χ2n) is 9.64. The number of allylic oxidation sites excluding steroid dienone is 2. The van der Waals surface area contributed by atoms with E-state index in [2.05, 4.69) is 39.8 Å². The average molecular weight is 407 g/mol. The second kappa shape index (κ2) is 24.0. The summed E-state index contributed by atoms with van der Waals surface area (Å²) in [6, 6.07) is 0. The second-order valence-corrected chi connectivity index (χ2v) is 9.64. The highest BCUT2D eigenvalue weighted by atomic mass is 14.1. The lowest BCUT2D eigenvalue weighted by atomic mass is 9.92. The number of rotatable bonds is 23. The number of unbranched alkanes of at least 4 members (excludes halogenated alkanes) is 11. The molecule has 0 nitrogen and oxygen atoms in total. The maximum absolute atomic E-state index is 2.47. The Kier molecular flexibility index (Phi) is 23.8. The standard InChI is InChI=1S/C29H58/c1-5-9-11-16-20-24-28(7-3)26-22-18-14-13-15-19-23-27-29(8-4)25-21-17-12-10-6-2/h13-14,28-29H,5-12,15-27H2,1-4H3/b14-13+. The van der Waals surface area contributed by atoms with Gasteiger partial charge in [-0.25, -0.2) is 0 Å². The summed E-state index contributed by atoms with van der Waals surface area (Å²) < 4.78 is 0. The Hall–Kier alpha value is -0.260. The van der Waals surface area contributed by atoms with Crippen molar-refractivity contribution in [3.8, 4) is 0 Å². The van der Waals surface area contributed by atoms with E-state index in [0.717, 1.165) is 11.8 Å². The van der Waals surface area contributed by atoms with Crippen LogP contribution in [-0.4, -0.2) is 0 Å². The zero-order valence-electron chi connectivity index (χ0n) is 21.2. The molecule has 0 radical (unpaired) electrons. The lowest BCUT2D eigenvalue weighted by Crippen LogP contribution is -1.99. The Morgan fingerprint density at radius 2 is 0.793 bits per heavy atom. The van der Waals surface area contributed by atoms with Crippen molar-refractivity contribution in [3.63, 3.8) is 0 Å². The van der Waals surface area contributed by atoms with Crippen molar-refractivity contribution in [2.45, 2.75) is 163 Å². The molecule has 2 unspecified atom stereocenters. The molecule has 0 bridgehead atoms. The highest BCUT2D eigenvalue weighted by Gasteiger charge is 2.06. The molecule has 0 aliphatic rings. The van der Waals surface area contributed by atoms with E-state index >= 15 is 0 Å². The molecule has 174 valence electrons. The molecule has 29 heavy (non-hydrogen) atoms. The fourth-order valence-electron chi connectivity index (χ4n) is 4.63. The molecule has 0 fully saturated rings. The molecule has 0 spiro atoms. The maximum atomic E-state index is 2.47. The molecular weight excluding hydrogens is 348 g/mol. The van der Waals surface area contributed by atoms with Gasteiger partial charge in [0.25, 0.3) is 0 Å². The minimum Gasteiger partial charge on any atom is -0.0885 e. The van der Waals surface area contributed by atoms with Crippen LogP contribution in [0.4, 0.5) is 0 Å². The number of hydrogen-bond acceptors (Lipinski definition) is 0. The van der Waals surface area contributed by atoms with E-state index in [-0.39, 0.29) is 0 Å². The number of hydrogen-bond donors (Lipinski definition) is 0. The van der Waals surface area contributed by atoms with Gasteiger partial charge in [0.15, 0.2) is 0 Å². The van der Waals surface area contributed by atoms with Crippen molar-refractivity contribution in [1.82, 2.24) is 0 Å². The third kappa shape index (κ3) is 20.8. The van der Waals surface area contributed by atoms with Crippen LogP contribution in [0.15, 0.2) is 12.2 Å². The molecule has 0 N–H and O–H groups in total. The largest absolute Gasteiger partial charge is 0.0885 e. The summed E-state index contributed by atoms with van der Waals surface area (Å²) in [6.45, 7) is 9.40. The summed E-state index contributed by atoms with van der Waals surface area (Å²) in [5.74, 6) is 1.98. The lowest BCUT2D eigenvalue weighted by molar-refractivity contribution is 0.398. The summed E-state index contributed by atoms with van der Waals surface area (Å²) in [7, 11) is 0. The summed E-state index contributed by atoms with van der Waals surface area (Å²) in [5, 5.41) is 0. The summed E-state index contributed by atoms with van der Waals surface area (Å²) in [6.07, 6.45) is 34.8. The van der Waals surface area contributed by atoms with Gasteiger partial charge in [-0.05, 0) is 37.5 Å². The van der Waals surface area contributed by atoms with E-state index in [1.807, 2.05) is 0 Å². The first-order valence-corrected chi connectivity index (χ1v) is 13.9. The quantitative estimate of drug-likeness (QED) is 0.117. The molecule has 0 saturated carbocycles.